The van der Waals surface area contributed by atoms with Gasteiger partial charge in [0.15, 0.2) is 0 Å². The molecule has 5 nitrogen and oxygen atoms in total. The molecular weight excluding hydrogens is 421 g/mol. The molecule has 3 N–H and O–H groups in total. The zero-order chi connectivity index (χ0) is 21.5. The standard InChI is InChI=1S/C23H21Cl2N3O2/c1-15(16-6-3-2-4-7-16)27-23(30)17-8-5-9-19(12-17)26-14-22(29)28-21-13-18(24)10-11-20(21)25/h2-13,15,26H,14H2,1H3,(H,27,30)(H,28,29). The van der Waals surface area contributed by atoms with Crippen LogP contribution in [0.5, 0.6) is 0 Å². The first kappa shape index (κ1) is 21.7. The van der Waals surface area contributed by atoms with Crippen molar-refractivity contribution in [1.29, 1.82) is 0 Å². The largest absolute Gasteiger partial charge is 0.376 e. The molecule has 1 atom stereocenters. The van der Waals surface area contributed by atoms with Crippen molar-refractivity contribution in [2.75, 3.05) is 17.2 Å². The summed E-state index contributed by atoms with van der Waals surface area (Å²) >= 11 is 12.0. The van der Waals surface area contributed by atoms with E-state index in [9.17, 15) is 9.59 Å². The summed E-state index contributed by atoms with van der Waals surface area (Å²) in [5.41, 5.74) is 2.62. The predicted octanol–water partition coefficient (Wildman–Crippen LogP) is 5.54. The fourth-order valence-corrected chi connectivity index (χ4v) is 3.18. The summed E-state index contributed by atoms with van der Waals surface area (Å²) in [5.74, 6) is -0.475. The molecule has 0 saturated heterocycles. The molecule has 0 aliphatic heterocycles. The van der Waals surface area contributed by atoms with Gasteiger partial charge in [0.1, 0.15) is 0 Å². The molecule has 3 aromatic carbocycles. The van der Waals surface area contributed by atoms with E-state index in [0.717, 1.165) is 5.56 Å². The molecule has 0 aliphatic carbocycles. The van der Waals surface area contributed by atoms with E-state index in [0.29, 0.717) is 27.0 Å². The number of rotatable bonds is 7. The third-order valence-electron chi connectivity index (χ3n) is 4.43. The maximum Gasteiger partial charge on any atom is 0.251 e. The topological polar surface area (TPSA) is 70.2 Å². The van der Waals surface area contributed by atoms with Crippen molar-refractivity contribution in [3.63, 3.8) is 0 Å². The molecule has 1 unspecified atom stereocenters. The Morgan fingerprint density at radius 3 is 2.47 bits per heavy atom. The summed E-state index contributed by atoms with van der Waals surface area (Å²) in [7, 11) is 0. The van der Waals surface area contributed by atoms with Crippen LogP contribution < -0.4 is 16.0 Å². The predicted molar refractivity (Wildman–Crippen MR) is 122 cm³/mol. The van der Waals surface area contributed by atoms with Gasteiger partial charge in [-0.2, -0.15) is 0 Å². The average Bonchev–Trinajstić information content (AvgIpc) is 2.75. The summed E-state index contributed by atoms with van der Waals surface area (Å²) in [5, 5.41) is 9.57. The lowest BCUT2D eigenvalue weighted by Crippen LogP contribution is -2.26. The van der Waals surface area contributed by atoms with Crippen molar-refractivity contribution in [3.8, 4) is 0 Å². The van der Waals surface area contributed by atoms with E-state index >= 15 is 0 Å². The number of carbonyl (C=O) groups is 2. The minimum atomic E-state index is -0.285. The molecule has 7 heteroatoms. The zero-order valence-corrected chi connectivity index (χ0v) is 17.8. The van der Waals surface area contributed by atoms with E-state index in [1.807, 2.05) is 37.3 Å². The Kier molecular flexibility index (Phi) is 7.33. The van der Waals surface area contributed by atoms with Crippen molar-refractivity contribution in [2.24, 2.45) is 0 Å². The van der Waals surface area contributed by atoms with Gasteiger partial charge in [0.2, 0.25) is 5.91 Å². The third-order valence-corrected chi connectivity index (χ3v) is 4.99. The van der Waals surface area contributed by atoms with Crippen LogP contribution in [0.1, 0.15) is 28.9 Å². The molecule has 0 bridgehead atoms. The fourth-order valence-electron chi connectivity index (χ4n) is 2.85. The molecule has 30 heavy (non-hydrogen) atoms. The van der Waals surface area contributed by atoms with E-state index in [2.05, 4.69) is 16.0 Å². The molecule has 0 spiro atoms. The molecule has 0 aromatic heterocycles. The highest BCUT2D eigenvalue weighted by Crippen LogP contribution is 2.25. The molecule has 3 aromatic rings. The van der Waals surface area contributed by atoms with Crippen LogP contribution in [0.15, 0.2) is 72.8 Å². The van der Waals surface area contributed by atoms with Crippen LogP contribution in [-0.2, 0) is 4.79 Å². The number of halogens is 2. The minimum Gasteiger partial charge on any atom is -0.376 e. The smallest absolute Gasteiger partial charge is 0.251 e. The molecule has 3 rings (SSSR count). The van der Waals surface area contributed by atoms with E-state index in [-0.39, 0.29) is 24.4 Å². The van der Waals surface area contributed by atoms with Crippen LogP contribution in [0.3, 0.4) is 0 Å². The Balaban J connectivity index is 1.57. The first-order chi connectivity index (χ1) is 14.4. The summed E-state index contributed by atoms with van der Waals surface area (Å²) < 4.78 is 0. The summed E-state index contributed by atoms with van der Waals surface area (Å²) in [6.45, 7) is 1.94. The quantitative estimate of drug-likeness (QED) is 0.450. The molecule has 0 heterocycles. The second-order valence-electron chi connectivity index (χ2n) is 6.71. The Labute approximate surface area is 185 Å². The monoisotopic (exact) mass is 441 g/mol. The zero-order valence-electron chi connectivity index (χ0n) is 16.3. The van der Waals surface area contributed by atoms with Crippen molar-refractivity contribution in [2.45, 2.75) is 13.0 Å². The van der Waals surface area contributed by atoms with Crippen LogP contribution in [-0.4, -0.2) is 18.4 Å². The summed E-state index contributed by atoms with van der Waals surface area (Å²) in [4.78, 5) is 24.8. The van der Waals surface area contributed by atoms with E-state index in [1.54, 1.807) is 42.5 Å². The van der Waals surface area contributed by atoms with Gasteiger partial charge in [-0.1, -0.05) is 59.6 Å². The van der Waals surface area contributed by atoms with Crippen molar-refractivity contribution in [1.82, 2.24) is 5.32 Å². The van der Waals surface area contributed by atoms with Crippen molar-refractivity contribution >= 4 is 46.4 Å². The lowest BCUT2D eigenvalue weighted by molar-refractivity contribution is -0.114. The highest BCUT2D eigenvalue weighted by atomic mass is 35.5. The molecule has 154 valence electrons. The third kappa shape index (κ3) is 5.99. The molecule has 0 aliphatic rings. The first-order valence-corrected chi connectivity index (χ1v) is 10.1. The maximum absolute atomic E-state index is 12.6. The Morgan fingerprint density at radius 2 is 1.70 bits per heavy atom. The maximum atomic E-state index is 12.6. The van der Waals surface area contributed by atoms with Gasteiger partial charge < -0.3 is 16.0 Å². The number of amides is 2. The van der Waals surface area contributed by atoms with Gasteiger partial charge in [-0.05, 0) is 48.9 Å². The van der Waals surface area contributed by atoms with Gasteiger partial charge in [-0.25, -0.2) is 0 Å². The van der Waals surface area contributed by atoms with E-state index < -0.39 is 0 Å². The number of benzene rings is 3. The fraction of sp³-hybridized carbons (Fsp3) is 0.130. The second-order valence-corrected chi connectivity index (χ2v) is 7.56. The number of hydrogen-bond acceptors (Lipinski definition) is 3. The molecule has 0 saturated carbocycles. The SMILES string of the molecule is CC(NC(=O)c1cccc(NCC(=O)Nc2cc(Cl)ccc2Cl)c1)c1ccccc1. The van der Waals surface area contributed by atoms with Crippen LogP contribution >= 0.6 is 23.2 Å². The Hall–Kier alpha value is -3.02. The lowest BCUT2D eigenvalue weighted by atomic mass is 10.1. The van der Waals surface area contributed by atoms with Crippen LogP contribution in [0, 0.1) is 0 Å². The van der Waals surface area contributed by atoms with Crippen LogP contribution in [0.4, 0.5) is 11.4 Å². The summed E-state index contributed by atoms with van der Waals surface area (Å²) in [6, 6.07) is 21.4. The van der Waals surface area contributed by atoms with Gasteiger partial charge in [0, 0.05) is 16.3 Å². The molecule has 2 amide bonds. The Bertz CT molecular complexity index is 1040. The molecular formula is C23H21Cl2N3O2. The molecule has 0 fully saturated rings. The van der Waals surface area contributed by atoms with Gasteiger partial charge in [-0.15, -0.1) is 0 Å². The van der Waals surface area contributed by atoms with Gasteiger partial charge in [0.05, 0.1) is 23.3 Å². The van der Waals surface area contributed by atoms with E-state index in [1.165, 1.54) is 0 Å². The number of anilines is 2. The van der Waals surface area contributed by atoms with E-state index in [4.69, 9.17) is 23.2 Å². The highest BCUT2D eigenvalue weighted by molar-refractivity contribution is 6.35. The van der Waals surface area contributed by atoms with Crippen molar-refractivity contribution in [3.05, 3.63) is 94.0 Å². The lowest BCUT2D eigenvalue weighted by Gasteiger charge is -2.15. The van der Waals surface area contributed by atoms with Gasteiger partial charge in [-0.3, -0.25) is 9.59 Å². The van der Waals surface area contributed by atoms with Gasteiger partial charge in [0.25, 0.3) is 5.91 Å². The van der Waals surface area contributed by atoms with Gasteiger partial charge >= 0.3 is 0 Å². The van der Waals surface area contributed by atoms with Crippen molar-refractivity contribution < 1.29 is 9.59 Å². The minimum absolute atomic E-state index is 0.00827. The summed E-state index contributed by atoms with van der Waals surface area (Å²) in [6.07, 6.45) is 0. The first-order valence-electron chi connectivity index (χ1n) is 9.37. The molecule has 0 radical (unpaired) electrons. The number of hydrogen-bond donors (Lipinski definition) is 3. The highest BCUT2D eigenvalue weighted by Gasteiger charge is 2.12. The second kappa shape index (κ2) is 10.1. The van der Waals surface area contributed by atoms with Crippen LogP contribution in [0.2, 0.25) is 10.0 Å². The number of nitrogens with one attached hydrogen (secondary N) is 3. The average molecular weight is 442 g/mol. The number of carbonyl (C=O) groups excluding carboxylic acids is 2. The Morgan fingerprint density at radius 1 is 0.933 bits per heavy atom. The van der Waals surface area contributed by atoms with Crippen LogP contribution in [0.25, 0.3) is 0 Å². The normalized spacial score (nSPS) is 11.4.